The number of carbonyl (C=O) groups is 3. The molecule has 0 bridgehead atoms. The number of aryl methyl sites for hydroxylation is 1. The number of esters is 1. The molecule has 3 aromatic carbocycles. The Kier molecular flexibility index (Phi) is 7.25. The topological polar surface area (TPSA) is 106 Å². The van der Waals surface area contributed by atoms with Gasteiger partial charge in [0, 0.05) is 5.56 Å². The Morgan fingerprint density at radius 3 is 2.33 bits per heavy atom. The van der Waals surface area contributed by atoms with Crippen molar-refractivity contribution >= 4 is 39.9 Å². The second kappa shape index (κ2) is 10.9. The van der Waals surface area contributed by atoms with Crippen molar-refractivity contribution in [3.8, 4) is 11.5 Å². The highest BCUT2D eigenvalue weighted by atomic mass is 32.1. The van der Waals surface area contributed by atoms with Crippen molar-refractivity contribution in [2.75, 3.05) is 11.5 Å². The fraction of sp³-hybridized carbons (Fsp3) is 0.133. The second-order valence-corrected chi connectivity index (χ2v) is 9.63. The Morgan fingerprint density at radius 1 is 0.974 bits per heavy atom. The fourth-order valence-corrected chi connectivity index (χ4v) is 5.33. The first-order valence-corrected chi connectivity index (χ1v) is 13.0. The van der Waals surface area contributed by atoms with Gasteiger partial charge >= 0.3 is 11.9 Å². The lowest BCUT2D eigenvalue weighted by atomic mass is 9.95. The van der Waals surface area contributed by atoms with Crippen molar-refractivity contribution in [2.24, 2.45) is 0 Å². The summed E-state index contributed by atoms with van der Waals surface area (Å²) in [4.78, 5) is 45.3. The molecule has 196 valence electrons. The second-order valence-electron chi connectivity index (χ2n) is 8.65. The van der Waals surface area contributed by atoms with Gasteiger partial charge in [-0.2, -0.15) is 0 Å². The van der Waals surface area contributed by atoms with Gasteiger partial charge in [0.2, 0.25) is 0 Å². The lowest BCUT2D eigenvalue weighted by Crippen LogP contribution is -2.29. The zero-order valence-corrected chi connectivity index (χ0v) is 22.0. The maximum absolute atomic E-state index is 13.5. The molecule has 0 aliphatic carbocycles. The number of ketones is 1. The highest BCUT2D eigenvalue weighted by Gasteiger charge is 2.48. The molecule has 2 heterocycles. The predicted molar refractivity (Wildman–Crippen MR) is 147 cm³/mol. The van der Waals surface area contributed by atoms with Gasteiger partial charge in [0.05, 0.1) is 23.9 Å². The van der Waals surface area contributed by atoms with Gasteiger partial charge in [-0.3, -0.25) is 14.5 Å². The summed E-state index contributed by atoms with van der Waals surface area (Å²) in [7, 11) is 0. The molecule has 1 saturated heterocycles. The first-order chi connectivity index (χ1) is 18.9. The van der Waals surface area contributed by atoms with Crippen molar-refractivity contribution < 1.29 is 29.0 Å². The zero-order chi connectivity index (χ0) is 27.5. The van der Waals surface area contributed by atoms with E-state index in [2.05, 4.69) is 4.98 Å². The van der Waals surface area contributed by atoms with Gasteiger partial charge in [0.1, 0.15) is 22.1 Å². The van der Waals surface area contributed by atoms with Crippen molar-refractivity contribution in [3.63, 3.8) is 0 Å². The van der Waals surface area contributed by atoms with E-state index >= 15 is 0 Å². The van der Waals surface area contributed by atoms with E-state index < -0.39 is 23.7 Å². The van der Waals surface area contributed by atoms with E-state index in [0.29, 0.717) is 28.3 Å². The third kappa shape index (κ3) is 5.04. The monoisotopic (exact) mass is 540 g/mol. The van der Waals surface area contributed by atoms with Crippen LogP contribution in [0.1, 0.15) is 39.5 Å². The summed E-state index contributed by atoms with van der Waals surface area (Å²) in [6.07, 6.45) is 0. The Bertz CT molecular complexity index is 1580. The average molecular weight is 541 g/mol. The van der Waals surface area contributed by atoms with Gasteiger partial charge < -0.3 is 14.6 Å². The SMILES string of the molecule is CCOC(=O)c1sc(N2C(=O)C(=O)C(=C(O)c3ccccc3)[C@@H]2c2cccc(Oc3ccccc3)c2)nc1C. The van der Waals surface area contributed by atoms with Crippen LogP contribution in [-0.2, 0) is 14.3 Å². The summed E-state index contributed by atoms with van der Waals surface area (Å²) in [5, 5.41) is 11.4. The van der Waals surface area contributed by atoms with Crippen molar-refractivity contribution in [2.45, 2.75) is 19.9 Å². The molecule has 8 nitrogen and oxygen atoms in total. The minimum atomic E-state index is -1.02. The molecule has 1 aliphatic heterocycles. The Hall–Kier alpha value is -4.76. The van der Waals surface area contributed by atoms with Crippen molar-refractivity contribution in [1.82, 2.24) is 4.98 Å². The number of thiazole rings is 1. The molecule has 1 aromatic heterocycles. The largest absolute Gasteiger partial charge is 0.507 e. The van der Waals surface area contributed by atoms with Gasteiger partial charge in [0.25, 0.3) is 5.78 Å². The smallest absolute Gasteiger partial charge is 0.350 e. The molecular weight excluding hydrogens is 516 g/mol. The van der Waals surface area contributed by atoms with E-state index in [4.69, 9.17) is 9.47 Å². The minimum absolute atomic E-state index is 0.0893. The number of Topliss-reactive ketones (excluding diaryl/α,β-unsaturated/α-hetero) is 1. The maximum atomic E-state index is 13.5. The van der Waals surface area contributed by atoms with Gasteiger partial charge in [-0.25, -0.2) is 9.78 Å². The highest BCUT2D eigenvalue weighted by molar-refractivity contribution is 7.17. The highest BCUT2D eigenvalue weighted by Crippen LogP contribution is 2.44. The van der Waals surface area contributed by atoms with Crippen LogP contribution in [0.15, 0.2) is 90.5 Å². The van der Waals surface area contributed by atoms with Crippen LogP contribution in [0.4, 0.5) is 5.13 Å². The predicted octanol–water partition coefficient (Wildman–Crippen LogP) is 6.05. The number of rotatable bonds is 7. The van der Waals surface area contributed by atoms with Gasteiger partial charge in [-0.15, -0.1) is 0 Å². The molecule has 4 aromatic rings. The van der Waals surface area contributed by atoms with Crippen molar-refractivity contribution in [3.05, 3.63) is 112 Å². The number of nitrogens with zero attached hydrogens (tertiary/aromatic N) is 2. The van der Waals surface area contributed by atoms with E-state index in [1.165, 1.54) is 4.90 Å². The summed E-state index contributed by atoms with van der Waals surface area (Å²) in [6.45, 7) is 3.51. The summed E-state index contributed by atoms with van der Waals surface area (Å²) < 4.78 is 11.1. The van der Waals surface area contributed by atoms with Crippen LogP contribution >= 0.6 is 11.3 Å². The van der Waals surface area contributed by atoms with Crippen LogP contribution in [0.2, 0.25) is 0 Å². The van der Waals surface area contributed by atoms with E-state index in [1.807, 2.05) is 30.3 Å². The lowest BCUT2D eigenvalue weighted by molar-refractivity contribution is -0.132. The van der Waals surface area contributed by atoms with E-state index in [0.717, 1.165) is 11.3 Å². The Morgan fingerprint density at radius 2 is 1.64 bits per heavy atom. The number of carbonyl (C=O) groups excluding carboxylic acids is 3. The summed E-state index contributed by atoms with van der Waals surface area (Å²) in [5.41, 5.74) is 1.19. The first-order valence-electron chi connectivity index (χ1n) is 12.2. The quantitative estimate of drug-likeness (QED) is 0.132. The number of hydrogen-bond acceptors (Lipinski definition) is 8. The fourth-order valence-electron chi connectivity index (χ4n) is 4.34. The normalized spacial score (nSPS) is 16.4. The molecule has 5 rings (SSSR count). The molecule has 1 N–H and O–H groups in total. The van der Waals surface area contributed by atoms with Crippen LogP contribution < -0.4 is 9.64 Å². The molecule has 0 radical (unpaired) electrons. The molecule has 0 spiro atoms. The average Bonchev–Trinajstić information content (AvgIpc) is 3.46. The number of aromatic nitrogens is 1. The minimum Gasteiger partial charge on any atom is -0.507 e. The number of benzene rings is 3. The van der Waals surface area contributed by atoms with E-state index in [1.54, 1.807) is 68.4 Å². The molecule has 9 heteroatoms. The summed E-state index contributed by atoms with van der Waals surface area (Å²) in [6, 6.07) is 23.7. The van der Waals surface area contributed by atoms with Gasteiger partial charge in [-0.05, 0) is 43.7 Å². The Balaban J connectivity index is 1.66. The van der Waals surface area contributed by atoms with Crippen LogP contribution in [0, 0.1) is 6.92 Å². The number of anilines is 1. The molecule has 0 unspecified atom stereocenters. The molecule has 0 saturated carbocycles. The van der Waals surface area contributed by atoms with Gasteiger partial charge in [0.15, 0.2) is 5.13 Å². The third-order valence-electron chi connectivity index (χ3n) is 6.10. The number of aliphatic hydroxyl groups is 1. The molecular formula is C30H24N2O6S. The van der Waals surface area contributed by atoms with Crippen LogP contribution in [-0.4, -0.2) is 34.4 Å². The molecule has 39 heavy (non-hydrogen) atoms. The first kappa shape index (κ1) is 25.9. The molecule has 1 aliphatic rings. The number of para-hydroxylation sites is 1. The standard InChI is InChI=1S/C30H24N2O6S/c1-3-37-29(36)27-18(2)31-30(39-27)32-24(20-13-10-16-22(17-20)38-21-14-8-5-9-15-21)23(26(34)28(32)35)25(33)19-11-6-4-7-12-19/h4-17,24,33H,3H2,1-2H3/t24-/m0/s1. The van der Waals surface area contributed by atoms with Crippen molar-refractivity contribution in [1.29, 1.82) is 0 Å². The maximum Gasteiger partial charge on any atom is 0.350 e. The lowest BCUT2D eigenvalue weighted by Gasteiger charge is -2.23. The third-order valence-corrected chi connectivity index (χ3v) is 7.23. The Labute approximate surface area is 228 Å². The molecule has 1 amide bonds. The summed E-state index contributed by atoms with van der Waals surface area (Å²) >= 11 is 0.957. The van der Waals surface area contributed by atoms with E-state index in [-0.39, 0.29) is 27.9 Å². The molecule has 1 fully saturated rings. The molecule has 1 atom stereocenters. The van der Waals surface area contributed by atoms with Crippen LogP contribution in [0.5, 0.6) is 11.5 Å². The summed E-state index contributed by atoms with van der Waals surface area (Å²) in [5.74, 6) is -1.50. The number of hydrogen-bond donors (Lipinski definition) is 1. The number of aliphatic hydroxyl groups excluding tert-OH is 1. The number of amides is 1. The van der Waals surface area contributed by atoms with Crippen LogP contribution in [0.3, 0.4) is 0 Å². The number of ether oxygens (including phenoxy) is 2. The van der Waals surface area contributed by atoms with Gasteiger partial charge in [-0.1, -0.05) is 72.0 Å². The van der Waals surface area contributed by atoms with Crippen LogP contribution in [0.25, 0.3) is 5.76 Å². The zero-order valence-electron chi connectivity index (χ0n) is 21.2. The van der Waals surface area contributed by atoms with E-state index in [9.17, 15) is 19.5 Å².